The molecule has 8 heteroatoms. The van der Waals surface area contributed by atoms with E-state index in [-0.39, 0.29) is 17.6 Å². The second-order valence-electron chi connectivity index (χ2n) is 6.36. The van der Waals surface area contributed by atoms with E-state index in [0.717, 1.165) is 10.0 Å². The molecular formula is C18H21BrN2O4S. The van der Waals surface area contributed by atoms with Crippen molar-refractivity contribution in [2.24, 2.45) is 5.92 Å². The molecule has 1 aliphatic rings. The van der Waals surface area contributed by atoms with E-state index in [0.29, 0.717) is 38.2 Å². The van der Waals surface area contributed by atoms with Gasteiger partial charge in [-0.1, -0.05) is 28.1 Å². The molecule has 1 aromatic heterocycles. The smallest absolute Gasteiger partial charge is 0.223 e. The maximum Gasteiger partial charge on any atom is 0.223 e. The molecule has 1 amide bonds. The summed E-state index contributed by atoms with van der Waals surface area (Å²) in [5.41, 5.74) is 0.748. The third-order valence-corrected chi connectivity index (χ3v) is 6.82. The molecule has 1 fully saturated rings. The van der Waals surface area contributed by atoms with Gasteiger partial charge in [0.2, 0.25) is 15.9 Å². The highest BCUT2D eigenvalue weighted by atomic mass is 79.9. The maximum absolute atomic E-state index is 12.6. The third-order valence-electron chi connectivity index (χ3n) is 4.47. The Bertz CT molecular complexity index is 844. The minimum absolute atomic E-state index is 0.0260. The van der Waals surface area contributed by atoms with Crippen LogP contribution in [0.2, 0.25) is 0 Å². The van der Waals surface area contributed by atoms with Gasteiger partial charge >= 0.3 is 0 Å². The summed E-state index contributed by atoms with van der Waals surface area (Å²) < 4.78 is 32.8. The molecule has 6 nitrogen and oxygen atoms in total. The minimum atomic E-state index is -3.38. The fraction of sp³-hybridized carbons (Fsp3) is 0.389. The van der Waals surface area contributed by atoms with Gasteiger partial charge in [0.05, 0.1) is 18.6 Å². The summed E-state index contributed by atoms with van der Waals surface area (Å²) in [7, 11) is -3.38. The van der Waals surface area contributed by atoms with Gasteiger partial charge in [-0.15, -0.1) is 0 Å². The van der Waals surface area contributed by atoms with E-state index < -0.39 is 10.0 Å². The highest BCUT2D eigenvalue weighted by Gasteiger charge is 2.31. The number of nitrogens with one attached hydrogen (secondary N) is 1. The summed E-state index contributed by atoms with van der Waals surface area (Å²) in [6.07, 6.45) is 2.62. The predicted molar refractivity (Wildman–Crippen MR) is 102 cm³/mol. The first-order valence-corrected chi connectivity index (χ1v) is 10.9. The first kappa shape index (κ1) is 19.1. The van der Waals surface area contributed by atoms with Crippen molar-refractivity contribution in [3.63, 3.8) is 0 Å². The summed E-state index contributed by atoms with van der Waals surface area (Å²) in [5, 5.41) is 2.85. The Morgan fingerprint density at radius 2 is 2.00 bits per heavy atom. The molecule has 26 heavy (non-hydrogen) atoms. The Labute approximate surface area is 161 Å². The molecule has 0 radical (unpaired) electrons. The molecule has 1 N–H and O–H groups in total. The molecule has 0 bridgehead atoms. The lowest BCUT2D eigenvalue weighted by Crippen LogP contribution is -2.43. The van der Waals surface area contributed by atoms with Crippen LogP contribution in [0.15, 0.2) is 51.6 Å². The van der Waals surface area contributed by atoms with Crippen LogP contribution < -0.4 is 5.32 Å². The first-order valence-electron chi connectivity index (χ1n) is 8.46. The molecular weight excluding hydrogens is 420 g/mol. The van der Waals surface area contributed by atoms with Gasteiger partial charge in [0.15, 0.2) is 0 Å². The number of carbonyl (C=O) groups excluding carboxylic acids is 1. The predicted octanol–water partition coefficient (Wildman–Crippen LogP) is 2.90. The van der Waals surface area contributed by atoms with Crippen molar-refractivity contribution in [2.75, 3.05) is 13.1 Å². The first-order chi connectivity index (χ1) is 12.4. The number of carbonyl (C=O) groups is 1. The number of hydrogen-bond donors (Lipinski definition) is 1. The summed E-state index contributed by atoms with van der Waals surface area (Å²) >= 11 is 3.36. The zero-order chi connectivity index (χ0) is 18.6. The number of piperidine rings is 1. The Morgan fingerprint density at radius 1 is 1.23 bits per heavy atom. The number of furan rings is 1. The summed E-state index contributed by atoms with van der Waals surface area (Å²) in [6, 6.07) is 10.9. The Morgan fingerprint density at radius 3 is 2.65 bits per heavy atom. The van der Waals surface area contributed by atoms with E-state index in [9.17, 15) is 13.2 Å². The second kappa shape index (κ2) is 8.37. The second-order valence-corrected chi connectivity index (χ2v) is 9.24. The minimum Gasteiger partial charge on any atom is -0.467 e. The quantitative estimate of drug-likeness (QED) is 0.748. The van der Waals surface area contributed by atoms with Crippen LogP contribution >= 0.6 is 15.9 Å². The summed E-state index contributed by atoms with van der Waals surface area (Å²) in [4.78, 5) is 12.3. The van der Waals surface area contributed by atoms with Gasteiger partial charge in [-0.25, -0.2) is 12.7 Å². The summed E-state index contributed by atoms with van der Waals surface area (Å²) in [5.74, 6) is 0.460. The topological polar surface area (TPSA) is 79.6 Å². The number of sulfonamides is 1. The monoisotopic (exact) mass is 440 g/mol. The molecule has 1 aromatic carbocycles. The van der Waals surface area contributed by atoms with E-state index in [1.807, 2.05) is 18.2 Å². The Kier molecular flexibility index (Phi) is 6.16. The number of nitrogens with zero attached hydrogens (tertiary/aromatic N) is 1. The molecule has 1 saturated heterocycles. The number of amides is 1. The fourth-order valence-electron chi connectivity index (χ4n) is 3.06. The van der Waals surface area contributed by atoms with Gasteiger partial charge in [-0.2, -0.15) is 0 Å². The van der Waals surface area contributed by atoms with Gasteiger partial charge in [-0.05, 0) is 42.7 Å². The van der Waals surface area contributed by atoms with Crippen molar-refractivity contribution in [1.82, 2.24) is 9.62 Å². The molecule has 0 atom stereocenters. The molecule has 0 spiro atoms. The van der Waals surface area contributed by atoms with Gasteiger partial charge in [0.1, 0.15) is 5.76 Å². The molecule has 2 aromatic rings. The van der Waals surface area contributed by atoms with Crippen molar-refractivity contribution in [1.29, 1.82) is 0 Å². The van der Waals surface area contributed by atoms with Crippen molar-refractivity contribution in [3.8, 4) is 0 Å². The average Bonchev–Trinajstić information content (AvgIpc) is 3.13. The fourth-order valence-corrected chi connectivity index (χ4v) is 5.05. The Hall–Kier alpha value is -1.64. The lowest BCUT2D eigenvalue weighted by Gasteiger charge is -2.30. The molecule has 2 heterocycles. The molecule has 140 valence electrons. The lowest BCUT2D eigenvalue weighted by atomic mass is 9.97. The van der Waals surface area contributed by atoms with Gasteiger partial charge in [-0.3, -0.25) is 4.79 Å². The van der Waals surface area contributed by atoms with Crippen LogP contribution in [0.4, 0.5) is 0 Å². The van der Waals surface area contributed by atoms with Crippen LogP contribution in [-0.4, -0.2) is 31.7 Å². The standard InChI is InChI=1S/C18H21BrN2O4S/c19-16-4-1-3-14(11-16)13-26(23,24)21-8-6-15(7-9-21)18(22)20-12-17-5-2-10-25-17/h1-5,10-11,15H,6-9,12-13H2,(H,20,22). The van der Waals surface area contributed by atoms with Crippen LogP contribution in [0, 0.1) is 5.92 Å². The van der Waals surface area contributed by atoms with Gasteiger partial charge < -0.3 is 9.73 Å². The van der Waals surface area contributed by atoms with E-state index in [2.05, 4.69) is 21.2 Å². The number of benzene rings is 1. The highest BCUT2D eigenvalue weighted by molar-refractivity contribution is 9.10. The van der Waals surface area contributed by atoms with Crippen LogP contribution in [0.25, 0.3) is 0 Å². The van der Waals surface area contributed by atoms with E-state index >= 15 is 0 Å². The SMILES string of the molecule is O=C(NCc1ccco1)C1CCN(S(=O)(=O)Cc2cccc(Br)c2)CC1. The van der Waals surface area contributed by atoms with Crippen molar-refractivity contribution in [2.45, 2.75) is 25.1 Å². The molecule has 1 aliphatic heterocycles. The van der Waals surface area contributed by atoms with E-state index in [1.165, 1.54) is 4.31 Å². The average molecular weight is 441 g/mol. The van der Waals surface area contributed by atoms with Crippen LogP contribution in [-0.2, 0) is 27.1 Å². The Balaban J connectivity index is 1.51. The van der Waals surface area contributed by atoms with Crippen molar-refractivity contribution >= 4 is 31.9 Å². The molecule has 0 unspecified atom stereocenters. The maximum atomic E-state index is 12.6. The third kappa shape index (κ3) is 4.96. The zero-order valence-corrected chi connectivity index (χ0v) is 16.6. The van der Waals surface area contributed by atoms with Crippen LogP contribution in [0.1, 0.15) is 24.2 Å². The number of halogens is 1. The molecule has 3 rings (SSSR count). The van der Waals surface area contributed by atoms with E-state index in [4.69, 9.17) is 4.42 Å². The van der Waals surface area contributed by atoms with Crippen LogP contribution in [0.5, 0.6) is 0 Å². The van der Waals surface area contributed by atoms with Gasteiger partial charge in [0.25, 0.3) is 0 Å². The van der Waals surface area contributed by atoms with E-state index in [1.54, 1.807) is 24.5 Å². The largest absolute Gasteiger partial charge is 0.467 e. The van der Waals surface area contributed by atoms with Gasteiger partial charge in [0, 0.05) is 23.5 Å². The molecule has 0 aliphatic carbocycles. The summed E-state index contributed by atoms with van der Waals surface area (Å²) in [6.45, 7) is 1.09. The van der Waals surface area contributed by atoms with Crippen LogP contribution in [0.3, 0.4) is 0 Å². The van der Waals surface area contributed by atoms with Crippen molar-refractivity contribution in [3.05, 3.63) is 58.5 Å². The normalized spacial score (nSPS) is 16.5. The van der Waals surface area contributed by atoms with Crippen molar-refractivity contribution < 1.29 is 17.6 Å². The molecule has 0 saturated carbocycles. The number of rotatable bonds is 6. The lowest BCUT2D eigenvalue weighted by molar-refractivity contribution is -0.126. The number of hydrogen-bond acceptors (Lipinski definition) is 4. The highest BCUT2D eigenvalue weighted by Crippen LogP contribution is 2.23. The zero-order valence-electron chi connectivity index (χ0n) is 14.2.